The Balaban J connectivity index is 1.63. The highest BCUT2D eigenvalue weighted by Gasteiger charge is 2.68. The molecule has 3 fully saturated rings. The number of aliphatic hydroxyl groups is 1. The summed E-state index contributed by atoms with van der Waals surface area (Å²) in [6, 6.07) is 9.93. The van der Waals surface area contributed by atoms with E-state index in [1.54, 1.807) is 7.11 Å². The lowest BCUT2D eigenvalue weighted by atomic mass is 9.75. The number of ether oxygens (including phenoxy) is 6. The minimum Gasteiger partial charge on any atom is -0.390 e. The van der Waals surface area contributed by atoms with Crippen LogP contribution >= 0.6 is 0 Å². The second-order valence-electron chi connectivity index (χ2n) is 8.17. The summed E-state index contributed by atoms with van der Waals surface area (Å²) in [6.07, 6.45) is -0.513. The maximum Gasteiger partial charge on any atom is 0.190 e. The van der Waals surface area contributed by atoms with Crippen molar-refractivity contribution in [3.8, 4) is 0 Å². The Kier molecular flexibility index (Phi) is 5.77. The number of hydrogen-bond acceptors (Lipinski definition) is 7. The first kappa shape index (κ1) is 20.2. The fourth-order valence-electron chi connectivity index (χ4n) is 4.62. The van der Waals surface area contributed by atoms with E-state index < -0.39 is 36.0 Å². The second-order valence-corrected chi connectivity index (χ2v) is 8.17. The van der Waals surface area contributed by atoms with Gasteiger partial charge in [-0.2, -0.15) is 0 Å². The van der Waals surface area contributed by atoms with Crippen molar-refractivity contribution in [1.82, 2.24) is 0 Å². The zero-order valence-electron chi connectivity index (χ0n) is 16.7. The van der Waals surface area contributed by atoms with Gasteiger partial charge < -0.3 is 33.5 Å². The van der Waals surface area contributed by atoms with Crippen molar-refractivity contribution in [3.05, 3.63) is 35.9 Å². The summed E-state index contributed by atoms with van der Waals surface area (Å²) in [5, 5.41) is 11.0. The lowest BCUT2D eigenvalue weighted by Crippen LogP contribution is -2.64. The van der Waals surface area contributed by atoms with Gasteiger partial charge in [0.1, 0.15) is 19.0 Å². The van der Waals surface area contributed by atoms with Crippen molar-refractivity contribution in [1.29, 1.82) is 0 Å². The fraction of sp³-hybridized carbons (Fsp3) is 0.714. The van der Waals surface area contributed by atoms with Crippen molar-refractivity contribution >= 4 is 0 Å². The summed E-state index contributed by atoms with van der Waals surface area (Å²) in [6.45, 7) is 4.21. The van der Waals surface area contributed by atoms with E-state index in [1.165, 1.54) is 0 Å². The van der Waals surface area contributed by atoms with Crippen LogP contribution in [0.15, 0.2) is 30.3 Å². The molecule has 0 bridgehead atoms. The van der Waals surface area contributed by atoms with Gasteiger partial charge in [-0.05, 0) is 38.7 Å². The molecule has 2 aliphatic heterocycles. The molecule has 1 saturated carbocycles. The predicted molar refractivity (Wildman–Crippen MR) is 99.3 cm³/mol. The Morgan fingerprint density at radius 1 is 1.07 bits per heavy atom. The average molecular weight is 394 g/mol. The van der Waals surface area contributed by atoms with E-state index in [4.69, 9.17) is 28.4 Å². The molecule has 1 N–H and O–H groups in total. The monoisotopic (exact) mass is 394 g/mol. The maximum atomic E-state index is 11.0. The van der Waals surface area contributed by atoms with Crippen molar-refractivity contribution in [3.63, 3.8) is 0 Å². The molecule has 2 heterocycles. The van der Waals surface area contributed by atoms with E-state index in [0.29, 0.717) is 13.0 Å². The minimum atomic E-state index is -1.06. The SMILES string of the molecule is COCO[C@H]1CCC[C@@H](O)C12O[C@@H]1OC(C)(C)O[C@@H]1[C@H]2OCc1ccccc1. The van der Waals surface area contributed by atoms with Gasteiger partial charge in [0.05, 0.1) is 18.8 Å². The standard InChI is InChI=1S/C21H30O7/c1-20(2)26-17-18(24-12-14-8-5-4-6-9-14)21(28-19(17)27-20)15(22)10-7-11-16(21)25-13-23-3/h4-6,8-9,15-19,22H,7,10-13H2,1-3H3/t15-,16+,17-,18-,19+,21?/m1/s1. The Morgan fingerprint density at radius 2 is 1.86 bits per heavy atom. The number of aliphatic hydroxyl groups excluding tert-OH is 1. The van der Waals surface area contributed by atoms with Crippen LogP contribution in [0.3, 0.4) is 0 Å². The number of methoxy groups -OCH3 is 1. The molecule has 4 rings (SSSR count). The summed E-state index contributed by atoms with van der Waals surface area (Å²) < 4.78 is 35.9. The molecule has 1 spiro atoms. The average Bonchev–Trinajstić information content (AvgIpc) is 3.12. The molecule has 2 saturated heterocycles. The molecule has 1 aliphatic carbocycles. The van der Waals surface area contributed by atoms with Crippen LogP contribution in [-0.4, -0.2) is 61.1 Å². The molecular formula is C21H30O7. The minimum absolute atomic E-state index is 0.121. The van der Waals surface area contributed by atoms with Crippen LogP contribution in [0.5, 0.6) is 0 Å². The van der Waals surface area contributed by atoms with E-state index in [-0.39, 0.29) is 12.9 Å². The molecular weight excluding hydrogens is 364 g/mol. The number of hydrogen-bond donors (Lipinski definition) is 1. The topological polar surface area (TPSA) is 75.6 Å². The van der Waals surface area contributed by atoms with Gasteiger partial charge in [-0.1, -0.05) is 30.3 Å². The van der Waals surface area contributed by atoms with Crippen LogP contribution in [-0.2, 0) is 35.0 Å². The van der Waals surface area contributed by atoms with Crippen LogP contribution in [0.1, 0.15) is 38.7 Å². The summed E-state index contributed by atoms with van der Waals surface area (Å²) in [5.74, 6) is -0.770. The Morgan fingerprint density at radius 3 is 2.61 bits per heavy atom. The first-order chi connectivity index (χ1) is 13.5. The van der Waals surface area contributed by atoms with E-state index in [9.17, 15) is 5.11 Å². The van der Waals surface area contributed by atoms with Gasteiger partial charge in [-0.25, -0.2) is 0 Å². The third-order valence-electron chi connectivity index (χ3n) is 5.78. The van der Waals surface area contributed by atoms with Gasteiger partial charge in [0.25, 0.3) is 0 Å². The summed E-state index contributed by atoms with van der Waals surface area (Å²) in [4.78, 5) is 0. The van der Waals surface area contributed by atoms with E-state index in [2.05, 4.69) is 0 Å². The number of benzene rings is 1. The Bertz CT molecular complexity index is 651. The van der Waals surface area contributed by atoms with Crippen LogP contribution in [0, 0.1) is 0 Å². The van der Waals surface area contributed by atoms with Gasteiger partial charge in [0.15, 0.2) is 17.7 Å². The zero-order chi connectivity index (χ0) is 19.8. The third-order valence-corrected chi connectivity index (χ3v) is 5.78. The van der Waals surface area contributed by atoms with Gasteiger partial charge in [0, 0.05) is 7.11 Å². The van der Waals surface area contributed by atoms with Crippen molar-refractivity contribution < 1.29 is 33.5 Å². The van der Waals surface area contributed by atoms with E-state index in [0.717, 1.165) is 18.4 Å². The van der Waals surface area contributed by atoms with Crippen LogP contribution in [0.2, 0.25) is 0 Å². The Labute approximate surface area is 165 Å². The normalized spacial score (nSPS) is 39.4. The molecule has 0 amide bonds. The lowest BCUT2D eigenvalue weighted by molar-refractivity contribution is -0.304. The summed E-state index contributed by atoms with van der Waals surface area (Å²) in [5.41, 5.74) is -0.0175. The van der Waals surface area contributed by atoms with Crippen LogP contribution in [0.4, 0.5) is 0 Å². The molecule has 28 heavy (non-hydrogen) atoms. The smallest absolute Gasteiger partial charge is 0.190 e. The molecule has 1 aromatic rings. The number of fused-ring (bicyclic) bond motifs is 1. The lowest BCUT2D eigenvalue weighted by Gasteiger charge is -2.47. The van der Waals surface area contributed by atoms with Crippen molar-refractivity contribution in [2.45, 2.75) is 81.8 Å². The first-order valence-electron chi connectivity index (χ1n) is 9.94. The zero-order valence-corrected chi connectivity index (χ0v) is 16.7. The fourth-order valence-corrected chi connectivity index (χ4v) is 4.62. The summed E-state index contributed by atoms with van der Waals surface area (Å²) in [7, 11) is 1.58. The number of rotatable bonds is 6. The van der Waals surface area contributed by atoms with Gasteiger partial charge in [-0.15, -0.1) is 0 Å². The highest BCUT2D eigenvalue weighted by molar-refractivity contribution is 5.16. The quantitative estimate of drug-likeness (QED) is 0.742. The van der Waals surface area contributed by atoms with Gasteiger partial charge in [-0.3, -0.25) is 0 Å². The molecule has 6 atom stereocenters. The van der Waals surface area contributed by atoms with E-state index >= 15 is 0 Å². The molecule has 0 radical (unpaired) electrons. The van der Waals surface area contributed by atoms with Gasteiger partial charge in [0.2, 0.25) is 0 Å². The highest BCUT2D eigenvalue weighted by atomic mass is 16.9. The van der Waals surface area contributed by atoms with Gasteiger partial charge >= 0.3 is 0 Å². The highest BCUT2D eigenvalue weighted by Crippen LogP contribution is 2.50. The molecule has 7 nitrogen and oxygen atoms in total. The predicted octanol–water partition coefficient (Wildman–Crippen LogP) is 2.35. The molecule has 156 valence electrons. The van der Waals surface area contributed by atoms with Crippen molar-refractivity contribution in [2.24, 2.45) is 0 Å². The molecule has 1 unspecified atom stereocenters. The van der Waals surface area contributed by atoms with Crippen LogP contribution < -0.4 is 0 Å². The van der Waals surface area contributed by atoms with Crippen LogP contribution in [0.25, 0.3) is 0 Å². The maximum absolute atomic E-state index is 11.0. The second kappa shape index (κ2) is 7.99. The third kappa shape index (κ3) is 3.61. The summed E-state index contributed by atoms with van der Waals surface area (Å²) >= 11 is 0. The molecule has 3 aliphatic rings. The Hall–Kier alpha value is -1.06. The largest absolute Gasteiger partial charge is 0.390 e. The first-order valence-corrected chi connectivity index (χ1v) is 9.94. The van der Waals surface area contributed by atoms with E-state index in [1.807, 2.05) is 44.2 Å². The van der Waals surface area contributed by atoms with Crippen molar-refractivity contribution in [2.75, 3.05) is 13.9 Å². The molecule has 0 aromatic heterocycles. The molecule has 1 aromatic carbocycles. The molecule has 7 heteroatoms.